The summed E-state index contributed by atoms with van der Waals surface area (Å²) < 4.78 is 0. The van der Waals surface area contributed by atoms with Gasteiger partial charge in [0.15, 0.2) is 0 Å². The van der Waals surface area contributed by atoms with Crippen molar-refractivity contribution < 1.29 is 12.4 Å². The van der Waals surface area contributed by atoms with Gasteiger partial charge in [-0.25, -0.2) is 8.80 Å². The first-order chi connectivity index (χ1) is 9.45. The third-order valence-electron chi connectivity index (χ3n) is 3.19. The minimum atomic E-state index is -0.877. The van der Waals surface area contributed by atoms with Gasteiger partial charge in [-0.15, -0.1) is 0 Å². The zero-order chi connectivity index (χ0) is 12.9. The predicted molar refractivity (Wildman–Crippen MR) is 89.7 cm³/mol. The van der Waals surface area contributed by atoms with Gasteiger partial charge in [0.2, 0.25) is 0 Å². The van der Waals surface area contributed by atoms with Crippen LogP contribution in [0.15, 0.2) is 91.0 Å². The van der Waals surface area contributed by atoms with Crippen LogP contribution in [0.4, 0.5) is 0 Å². The van der Waals surface area contributed by atoms with Crippen molar-refractivity contribution in [3.8, 4) is 0 Å². The second-order valence-electron chi connectivity index (χ2n) is 4.47. The summed E-state index contributed by atoms with van der Waals surface area (Å²) in [6.07, 6.45) is 0. The Hall–Kier alpha value is -1.07. The van der Waals surface area contributed by atoms with Crippen LogP contribution in [-0.4, -0.2) is 31.8 Å². The van der Waals surface area contributed by atoms with E-state index in [0.717, 1.165) is 0 Å². The number of hydrogen-bond acceptors (Lipinski definition) is 0. The molecule has 3 heteroatoms. The van der Waals surface area contributed by atoms with Crippen LogP contribution < -0.4 is 28.0 Å². The van der Waals surface area contributed by atoms with Gasteiger partial charge in [-0.05, 0) is 0 Å². The minimum Gasteiger partial charge on any atom is -1.00 e. The first-order valence-corrected chi connectivity index (χ1v) is 7.98. The van der Waals surface area contributed by atoms with Crippen molar-refractivity contribution in [2.45, 2.75) is 0 Å². The molecule has 0 nitrogen and oxygen atoms in total. The molecule has 0 spiro atoms. The average molecular weight is 319 g/mol. The topological polar surface area (TPSA) is 0 Å². The Morgan fingerprint density at radius 1 is 0.429 bits per heavy atom. The van der Waals surface area contributed by atoms with Gasteiger partial charge in [0.1, 0.15) is 0 Å². The molecule has 0 amide bonds. The molecule has 3 rings (SSSR count). The summed E-state index contributed by atoms with van der Waals surface area (Å²) in [6.45, 7) is 0. The molecular weight excluding hydrogens is 304 g/mol. The van der Waals surface area contributed by atoms with Crippen LogP contribution in [0.2, 0.25) is 0 Å². The molecule has 100 valence electrons. The Bertz CT molecular complexity index is 535. The average Bonchev–Trinajstić information content (AvgIpc) is 2.51. The van der Waals surface area contributed by atoms with Crippen molar-refractivity contribution in [3.63, 3.8) is 0 Å². The van der Waals surface area contributed by atoms with Crippen molar-refractivity contribution in [1.29, 1.82) is 0 Å². The number of hydrogen-bond donors (Lipinski definition) is 0. The summed E-state index contributed by atoms with van der Waals surface area (Å²) in [6, 6.07) is 32.5. The fourth-order valence-electron chi connectivity index (χ4n) is 2.31. The molecule has 0 atom stereocenters. The third-order valence-corrected chi connectivity index (χ3v) is 5.92. The van der Waals surface area contributed by atoms with Gasteiger partial charge in [-0.1, -0.05) is 91.0 Å². The van der Waals surface area contributed by atoms with Crippen LogP contribution in [0.5, 0.6) is 0 Å². The number of benzene rings is 3. The maximum Gasteiger partial charge on any atom is 2.00 e. The van der Waals surface area contributed by atoms with Crippen molar-refractivity contribution in [2.24, 2.45) is 0 Å². The SMILES string of the molecule is [Cl-].[Mg+2].c1ccc([Si-](c2ccccc2)c2ccccc2)cc1. The second-order valence-corrected chi connectivity index (χ2v) is 6.96. The Balaban J connectivity index is 0.00000110. The Morgan fingerprint density at radius 2 is 0.667 bits per heavy atom. The van der Waals surface area contributed by atoms with Crippen LogP contribution in [0.25, 0.3) is 0 Å². The summed E-state index contributed by atoms with van der Waals surface area (Å²) in [7, 11) is -0.877. The predicted octanol–water partition coefficient (Wildman–Crippen LogP) is -1.17. The molecule has 0 radical (unpaired) electrons. The molecule has 0 aromatic heterocycles. The third kappa shape index (κ3) is 4.45. The normalized spacial score (nSPS) is 9.14. The largest absolute Gasteiger partial charge is 2.00 e. The first kappa shape index (κ1) is 18.0. The van der Waals surface area contributed by atoms with Crippen LogP contribution in [-0.2, 0) is 0 Å². The van der Waals surface area contributed by atoms with E-state index in [9.17, 15) is 0 Å². The molecule has 0 N–H and O–H groups in total. The van der Waals surface area contributed by atoms with Gasteiger partial charge in [0.25, 0.3) is 0 Å². The molecule has 0 aliphatic rings. The van der Waals surface area contributed by atoms with E-state index in [1.54, 1.807) is 0 Å². The van der Waals surface area contributed by atoms with E-state index in [2.05, 4.69) is 91.0 Å². The molecule has 0 heterocycles. The monoisotopic (exact) mass is 318 g/mol. The summed E-state index contributed by atoms with van der Waals surface area (Å²) >= 11 is 0. The standard InChI is InChI=1S/C18H15Si.ClH.Mg/c1-4-10-16(11-5-1)19(17-12-6-2-7-13-17)18-14-8-3-9-15-18;;/h1-15H;1H;/q-1;;+2/p-1. The Kier molecular flexibility index (Phi) is 7.75. The van der Waals surface area contributed by atoms with Crippen LogP contribution in [0.3, 0.4) is 0 Å². The maximum absolute atomic E-state index is 2.24. The summed E-state index contributed by atoms with van der Waals surface area (Å²) in [4.78, 5) is 0. The van der Waals surface area contributed by atoms with Gasteiger partial charge in [0.05, 0.1) is 0 Å². The van der Waals surface area contributed by atoms with E-state index in [1.807, 2.05) is 0 Å². The summed E-state index contributed by atoms with van der Waals surface area (Å²) in [5, 5.41) is 4.31. The van der Waals surface area contributed by atoms with E-state index in [4.69, 9.17) is 0 Å². The molecule has 0 aliphatic heterocycles. The van der Waals surface area contributed by atoms with Gasteiger partial charge >= 0.3 is 23.1 Å². The molecular formula is C18H15ClMgSi. The van der Waals surface area contributed by atoms with E-state index in [-0.39, 0.29) is 35.5 Å². The number of halogens is 1. The number of rotatable bonds is 3. The maximum atomic E-state index is 2.24. The minimum absolute atomic E-state index is 0. The molecule has 0 saturated heterocycles. The fraction of sp³-hybridized carbons (Fsp3) is 0. The van der Waals surface area contributed by atoms with Gasteiger partial charge in [-0.3, -0.25) is 0 Å². The van der Waals surface area contributed by atoms with Crippen molar-refractivity contribution in [2.75, 3.05) is 0 Å². The molecule has 0 bridgehead atoms. The van der Waals surface area contributed by atoms with E-state index < -0.39 is 8.80 Å². The summed E-state index contributed by atoms with van der Waals surface area (Å²) in [5.41, 5.74) is 0. The molecule has 21 heavy (non-hydrogen) atoms. The van der Waals surface area contributed by atoms with Crippen LogP contribution in [0, 0.1) is 0 Å². The zero-order valence-corrected chi connectivity index (χ0v) is 14.9. The van der Waals surface area contributed by atoms with Crippen molar-refractivity contribution >= 4 is 47.4 Å². The van der Waals surface area contributed by atoms with Gasteiger partial charge in [-0.2, -0.15) is 15.6 Å². The van der Waals surface area contributed by atoms with Gasteiger partial charge < -0.3 is 12.4 Å². The molecule has 3 aromatic rings. The van der Waals surface area contributed by atoms with E-state index >= 15 is 0 Å². The summed E-state index contributed by atoms with van der Waals surface area (Å²) in [5.74, 6) is 0. The second kappa shape index (κ2) is 9.05. The van der Waals surface area contributed by atoms with E-state index in [1.165, 1.54) is 15.6 Å². The quantitative estimate of drug-likeness (QED) is 0.421. The van der Waals surface area contributed by atoms with Crippen molar-refractivity contribution in [3.05, 3.63) is 91.0 Å². The Labute approximate surface area is 150 Å². The van der Waals surface area contributed by atoms with Gasteiger partial charge in [0, 0.05) is 0 Å². The van der Waals surface area contributed by atoms with Crippen molar-refractivity contribution in [1.82, 2.24) is 0 Å². The molecule has 3 aromatic carbocycles. The smallest absolute Gasteiger partial charge is 1.00 e. The van der Waals surface area contributed by atoms with Crippen LogP contribution in [0.1, 0.15) is 0 Å². The fourth-order valence-corrected chi connectivity index (χ4v) is 4.89. The molecule has 0 aliphatic carbocycles. The first-order valence-electron chi connectivity index (χ1n) is 6.48. The van der Waals surface area contributed by atoms with E-state index in [0.29, 0.717) is 0 Å². The zero-order valence-electron chi connectivity index (χ0n) is 11.7. The molecule has 0 fully saturated rings. The molecule has 0 saturated carbocycles. The van der Waals surface area contributed by atoms with Crippen LogP contribution >= 0.6 is 0 Å². The molecule has 0 unspecified atom stereocenters. The Morgan fingerprint density at radius 3 is 0.905 bits per heavy atom.